The van der Waals surface area contributed by atoms with E-state index in [1.165, 1.54) is 12.1 Å². The average molecular weight is 266 g/mol. The number of hydrogen-bond donors (Lipinski definition) is 1. The maximum Gasteiger partial charge on any atom is 0.123 e. The van der Waals surface area contributed by atoms with Gasteiger partial charge in [-0.05, 0) is 50.0 Å². The van der Waals surface area contributed by atoms with E-state index in [0.717, 1.165) is 18.5 Å². The predicted molar refractivity (Wildman–Crippen MR) is 79.5 cm³/mol. The smallest absolute Gasteiger partial charge is 0.123 e. The summed E-state index contributed by atoms with van der Waals surface area (Å²) in [4.78, 5) is 2.32. The maximum atomic E-state index is 13.1. The topological polar surface area (TPSA) is 29.3 Å². The standard InChI is InChI=1S/C16H27FN2/c1-12(16(2,3)4)19(5)10-9-15(18)13-7-6-8-14(17)11-13/h6-8,11-12,15H,9-10,18H2,1-5H3. The van der Waals surface area contributed by atoms with Crippen molar-refractivity contribution in [2.24, 2.45) is 11.1 Å². The summed E-state index contributed by atoms with van der Waals surface area (Å²) in [7, 11) is 2.12. The van der Waals surface area contributed by atoms with Crippen LogP contribution in [0.5, 0.6) is 0 Å². The summed E-state index contributed by atoms with van der Waals surface area (Å²) >= 11 is 0. The van der Waals surface area contributed by atoms with Gasteiger partial charge in [0, 0.05) is 12.1 Å². The van der Waals surface area contributed by atoms with Crippen molar-refractivity contribution < 1.29 is 4.39 Å². The van der Waals surface area contributed by atoms with Gasteiger partial charge in [-0.1, -0.05) is 32.9 Å². The molecule has 0 bridgehead atoms. The van der Waals surface area contributed by atoms with E-state index in [4.69, 9.17) is 5.73 Å². The van der Waals surface area contributed by atoms with Crippen molar-refractivity contribution >= 4 is 0 Å². The van der Waals surface area contributed by atoms with Crippen LogP contribution in [-0.2, 0) is 0 Å². The van der Waals surface area contributed by atoms with E-state index in [-0.39, 0.29) is 17.3 Å². The Hall–Kier alpha value is -0.930. The van der Waals surface area contributed by atoms with Gasteiger partial charge >= 0.3 is 0 Å². The number of halogens is 1. The first-order chi connectivity index (χ1) is 8.71. The molecule has 2 atom stereocenters. The lowest BCUT2D eigenvalue weighted by Gasteiger charge is -2.35. The number of nitrogens with two attached hydrogens (primary N) is 1. The summed E-state index contributed by atoms with van der Waals surface area (Å²) < 4.78 is 13.1. The van der Waals surface area contributed by atoms with Gasteiger partial charge in [0.25, 0.3) is 0 Å². The first kappa shape index (κ1) is 16.1. The summed E-state index contributed by atoms with van der Waals surface area (Å²) in [6.45, 7) is 9.85. The molecule has 2 N–H and O–H groups in total. The Morgan fingerprint density at radius 3 is 2.47 bits per heavy atom. The van der Waals surface area contributed by atoms with Crippen molar-refractivity contribution in [3.8, 4) is 0 Å². The molecular formula is C16H27FN2. The van der Waals surface area contributed by atoms with Crippen LogP contribution in [0.4, 0.5) is 4.39 Å². The van der Waals surface area contributed by atoms with Crippen LogP contribution in [0.3, 0.4) is 0 Å². The monoisotopic (exact) mass is 266 g/mol. The molecule has 0 spiro atoms. The molecule has 0 saturated carbocycles. The van der Waals surface area contributed by atoms with Crippen molar-refractivity contribution in [2.45, 2.75) is 46.2 Å². The molecule has 108 valence electrons. The van der Waals surface area contributed by atoms with Crippen LogP contribution in [0.15, 0.2) is 24.3 Å². The zero-order chi connectivity index (χ0) is 14.6. The van der Waals surface area contributed by atoms with E-state index in [9.17, 15) is 4.39 Å². The second-order valence-electron chi connectivity index (χ2n) is 6.47. The summed E-state index contributed by atoms with van der Waals surface area (Å²) in [5, 5.41) is 0. The molecule has 2 unspecified atom stereocenters. The zero-order valence-corrected chi connectivity index (χ0v) is 12.8. The molecule has 0 fully saturated rings. The average Bonchev–Trinajstić information content (AvgIpc) is 2.33. The van der Waals surface area contributed by atoms with Gasteiger partial charge in [-0.25, -0.2) is 4.39 Å². The molecule has 0 aliphatic rings. The summed E-state index contributed by atoms with van der Waals surface area (Å²) in [5.41, 5.74) is 7.25. The van der Waals surface area contributed by atoms with E-state index in [2.05, 4.69) is 39.6 Å². The normalized spacial score (nSPS) is 15.6. The highest BCUT2D eigenvalue weighted by atomic mass is 19.1. The molecule has 1 rings (SSSR count). The van der Waals surface area contributed by atoms with Crippen LogP contribution in [0.1, 0.15) is 45.7 Å². The van der Waals surface area contributed by atoms with E-state index in [1.807, 2.05) is 6.07 Å². The second-order valence-corrected chi connectivity index (χ2v) is 6.47. The van der Waals surface area contributed by atoms with Crippen molar-refractivity contribution in [3.63, 3.8) is 0 Å². The Kier molecular flexibility index (Phi) is 5.50. The highest BCUT2D eigenvalue weighted by Crippen LogP contribution is 2.24. The number of nitrogens with zero attached hydrogens (tertiary/aromatic N) is 1. The maximum absolute atomic E-state index is 13.1. The Bertz CT molecular complexity index is 398. The first-order valence-electron chi connectivity index (χ1n) is 6.93. The second kappa shape index (κ2) is 6.49. The van der Waals surface area contributed by atoms with E-state index in [1.54, 1.807) is 6.07 Å². The van der Waals surface area contributed by atoms with Gasteiger partial charge in [-0.3, -0.25) is 0 Å². The number of benzene rings is 1. The molecule has 2 nitrogen and oxygen atoms in total. The lowest BCUT2D eigenvalue weighted by Crippen LogP contribution is -2.40. The van der Waals surface area contributed by atoms with Gasteiger partial charge in [-0.15, -0.1) is 0 Å². The van der Waals surface area contributed by atoms with Crippen LogP contribution >= 0.6 is 0 Å². The molecular weight excluding hydrogens is 239 g/mol. The van der Waals surface area contributed by atoms with Gasteiger partial charge in [0.05, 0.1) is 0 Å². The van der Waals surface area contributed by atoms with E-state index >= 15 is 0 Å². The van der Waals surface area contributed by atoms with Gasteiger partial charge in [0.2, 0.25) is 0 Å². The van der Waals surface area contributed by atoms with Crippen LogP contribution < -0.4 is 5.73 Å². The molecule has 0 aromatic heterocycles. The molecule has 0 heterocycles. The Morgan fingerprint density at radius 1 is 1.32 bits per heavy atom. The third kappa shape index (κ3) is 4.92. The third-order valence-corrected chi connectivity index (χ3v) is 3.98. The summed E-state index contributed by atoms with van der Waals surface area (Å²) in [6.07, 6.45) is 0.834. The van der Waals surface area contributed by atoms with Crippen molar-refractivity contribution in [1.82, 2.24) is 4.90 Å². The van der Waals surface area contributed by atoms with E-state index < -0.39 is 0 Å². The highest BCUT2D eigenvalue weighted by Gasteiger charge is 2.23. The predicted octanol–water partition coefficient (Wildman–Crippen LogP) is 3.58. The molecule has 0 aliphatic carbocycles. The fourth-order valence-electron chi connectivity index (χ4n) is 2.10. The Balaban J connectivity index is 2.53. The van der Waals surface area contributed by atoms with Gasteiger partial charge in [-0.2, -0.15) is 0 Å². The Morgan fingerprint density at radius 2 is 1.95 bits per heavy atom. The third-order valence-electron chi connectivity index (χ3n) is 3.98. The molecule has 0 radical (unpaired) electrons. The van der Waals surface area contributed by atoms with Crippen LogP contribution in [0.25, 0.3) is 0 Å². The minimum atomic E-state index is -0.218. The van der Waals surface area contributed by atoms with Crippen molar-refractivity contribution in [3.05, 3.63) is 35.6 Å². The van der Waals surface area contributed by atoms with Crippen molar-refractivity contribution in [2.75, 3.05) is 13.6 Å². The molecule has 3 heteroatoms. The van der Waals surface area contributed by atoms with Crippen LogP contribution in [-0.4, -0.2) is 24.5 Å². The first-order valence-corrected chi connectivity index (χ1v) is 6.93. The molecule has 1 aromatic rings. The van der Waals surface area contributed by atoms with Crippen molar-refractivity contribution in [1.29, 1.82) is 0 Å². The molecule has 19 heavy (non-hydrogen) atoms. The number of rotatable bonds is 5. The largest absolute Gasteiger partial charge is 0.324 e. The summed E-state index contributed by atoms with van der Waals surface area (Å²) in [5.74, 6) is -0.218. The minimum Gasteiger partial charge on any atom is -0.324 e. The molecule has 1 aromatic carbocycles. The van der Waals surface area contributed by atoms with Gasteiger partial charge in [0.1, 0.15) is 5.82 Å². The van der Waals surface area contributed by atoms with Crippen LogP contribution in [0, 0.1) is 11.2 Å². The lowest BCUT2D eigenvalue weighted by molar-refractivity contribution is 0.137. The SMILES string of the molecule is CC(N(C)CCC(N)c1cccc(F)c1)C(C)(C)C. The quantitative estimate of drug-likeness (QED) is 0.882. The highest BCUT2D eigenvalue weighted by molar-refractivity contribution is 5.19. The lowest BCUT2D eigenvalue weighted by atomic mass is 9.87. The van der Waals surface area contributed by atoms with Gasteiger partial charge in [0.15, 0.2) is 0 Å². The fraction of sp³-hybridized carbons (Fsp3) is 0.625. The van der Waals surface area contributed by atoms with E-state index in [0.29, 0.717) is 6.04 Å². The van der Waals surface area contributed by atoms with Gasteiger partial charge < -0.3 is 10.6 Å². The molecule has 0 saturated heterocycles. The number of hydrogen-bond acceptors (Lipinski definition) is 2. The van der Waals surface area contributed by atoms with Crippen LogP contribution in [0.2, 0.25) is 0 Å². The molecule has 0 amide bonds. The minimum absolute atomic E-state index is 0.106. The fourth-order valence-corrected chi connectivity index (χ4v) is 2.10. The summed E-state index contributed by atoms with van der Waals surface area (Å²) in [6, 6.07) is 6.95. The Labute approximate surface area is 116 Å². The molecule has 0 aliphatic heterocycles. The zero-order valence-electron chi connectivity index (χ0n) is 12.8.